The number of benzene rings is 1. The molecule has 0 fully saturated rings. The molecule has 0 saturated heterocycles. The molecule has 2 aromatic rings. The van der Waals surface area contributed by atoms with Crippen LogP contribution in [0.1, 0.15) is 27.6 Å². The van der Waals surface area contributed by atoms with Gasteiger partial charge in [0, 0.05) is 4.88 Å². The van der Waals surface area contributed by atoms with E-state index >= 15 is 0 Å². The molecule has 0 aliphatic heterocycles. The van der Waals surface area contributed by atoms with E-state index in [9.17, 15) is 0 Å². The van der Waals surface area contributed by atoms with Crippen molar-refractivity contribution in [3.8, 4) is 0 Å². The third-order valence-electron chi connectivity index (χ3n) is 3.07. The predicted molar refractivity (Wildman–Crippen MR) is 71.1 cm³/mol. The van der Waals surface area contributed by atoms with Gasteiger partial charge < -0.3 is 5.32 Å². The van der Waals surface area contributed by atoms with Crippen LogP contribution >= 0.6 is 11.3 Å². The van der Waals surface area contributed by atoms with E-state index in [0.717, 1.165) is 0 Å². The van der Waals surface area contributed by atoms with E-state index in [1.165, 1.54) is 21.6 Å². The molecule has 0 spiro atoms. The maximum absolute atomic E-state index is 3.40. The molecule has 1 heterocycles. The number of nitrogens with one attached hydrogen (secondary N) is 1. The lowest BCUT2D eigenvalue weighted by Crippen LogP contribution is -2.17. The summed E-state index contributed by atoms with van der Waals surface area (Å²) in [6, 6.07) is 11.1. The Morgan fingerprint density at radius 2 is 1.94 bits per heavy atom. The van der Waals surface area contributed by atoms with Crippen molar-refractivity contribution in [3.63, 3.8) is 0 Å². The Bertz CT molecular complexity index is 460. The zero-order chi connectivity index (χ0) is 11.5. The first-order valence-electron chi connectivity index (χ1n) is 5.51. The van der Waals surface area contributed by atoms with Crippen molar-refractivity contribution < 1.29 is 0 Å². The van der Waals surface area contributed by atoms with Gasteiger partial charge in [0.15, 0.2) is 0 Å². The van der Waals surface area contributed by atoms with E-state index < -0.39 is 0 Å². The number of thiophene rings is 1. The highest BCUT2D eigenvalue weighted by atomic mass is 32.1. The van der Waals surface area contributed by atoms with Gasteiger partial charge in [-0.25, -0.2) is 0 Å². The van der Waals surface area contributed by atoms with E-state index in [2.05, 4.69) is 54.9 Å². The highest BCUT2D eigenvalue weighted by molar-refractivity contribution is 7.10. The predicted octanol–water partition coefficient (Wildman–Crippen LogP) is 3.67. The Hall–Kier alpha value is -1.12. The Morgan fingerprint density at radius 1 is 1.12 bits per heavy atom. The minimum absolute atomic E-state index is 0.319. The van der Waals surface area contributed by atoms with Crippen LogP contribution in [0.5, 0.6) is 0 Å². The van der Waals surface area contributed by atoms with Gasteiger partial charge in [0.05, 0.1) is 6.04 Å². The van der Waals surface area contributed by atoms with Crippen LogP contribution in [0.2, 0.25) is 0 Å². The average molecular weight is 231 g/mol. The number of hydrogen-bond acceptors (Lipinski definition) is 2. The third-order valence-corrected chi connectivity index (χ3v) is 4.01. The normalized spacial score (nSPS) is 12.7. The maximum atomic E-state index is 3.40. The van der Waals surface area contributed by atoms with Crippen molar-refractivity contribution in [2.75, 3.05) is 7.05 Å². The third kappa shape index (κ3) is 2.04. The van der Waals surface area contributed by atoms with E-state index in [0.29, 0.717) is 6.04 Å². The zero-order valence-electron chi connectivity index (χ0n) is 9.95. The van der Waals surface area contributed by atoms with Crippen molar-refractivity contribution in [2.45, 2.75) is 19.9 Å². The van der Waals surface area contributed by atoms with Gasteiger partial charge in [-0.2, -0.15) is 0 Å². The van der Waals surface area contributed by atoms with Gasteiger partial charge in [-0.1, -0.05) is 24.3 Å². The highest BCUT2D eigenvalue weighted by Gasteiger charge is 2.15. The summed E-state index contributed by atoms with van der Waals surface area (Å²) < 4.78 is 0. The Morgan fingerprint density at radius 3 is 2.56 bits per heavy atom. The van der Waals surface area contributed by atoms with Gasteiger partial charge in [0.2, 0.25) is 0 Å². The molecule has 1 aromatic carbocycles. The van der Waals surface area contributed by atoms with Gasteiger partial charge >= 0.3 is 0 Å². The summed E-state index contributed by atoms with van der Waals surface area (Å²) in [6.45, 7) is 4.36. The van der Waals surface area contributed by atoms with Crippen LogP contribution < -0.4 is 5.32 Å². The molecular weight excluding hydrogens is 214 g/mol. The largest absolute Gasteiger partial charge is 0.309 e. The van der Waals surface area contributed by atoms with Gasteiger partial charge in [-0.05, 0) is 49.0 Å². The fourth-order valence-electron chi connectivity index (χ4n) is 1.99. The van der Waals surface area contributed by atoms with E-state index in [4.69, 9.17) is 0 Å². The summed E-state index contributed by atoms with van der Waals surface area (Å²) in [5.41, 5.74) is 4.12. The van der Waals surface area contributed by atoms with E-state index in [1.54, 1.807) is 11.3 Å². The van der Waals surface area contributed by atoms with Crippen LogP contribution in [-0.4, -0.2) is 7.05 Å². The minimum Gasteiger partial charge on any atom is -0.309 e. The lowest BCUT2D eigenvalue weighted by Gasteiger charge is -2.18. The molecule has 1 N–H and O–H groups in total. The first kappa shape index (κ1) is 11.4. The van der Waals surface area contributed by atoms with Crippen LogP contribution in [0, 0.1) is 13.8 Å². The fourth-order valence-corrected chi connectivity index (χ4v) is 2.85. The molecular formula is C14H17NS. The fraction of sp³-hybridized carbons (Fsp3) is 0.286. The van der Waals surface area contributed by atoms with Crippen LogP contribution in [0.25, 0.3) is 0 Å². The van der Waals surface area contributed by atoms with Crippen molar-refractivity contribution in [1.82, 2.24) is 5.32 Å². The lowest BCUT2D eigenvalue weighted by atomic mass is 9.97. The Kier molecular flexibility index (Phi) is 3.42. The molecule has 84 valence electrons. The molecule has 0 aliphatic carbocycles. The molecule has 2 rings (SSSR count). The summed E-state index contributed by atoms with van der Waals surface area (Å²) in [5.74, 6) is 0. The summed E-state index contributed by atoms with van der Waals surface area (Å²) in [4.78, 5) is 1.37. The van der Waals surface area contributed by atoms with Gasteiger partial charge in [-0.15, -0.1) is 11.3 Å². The Labute approximate surface area is 101 Å². The maximum Gasteiger partial charge on any atom is 0.0671 e. The minimum atomic E-state index is 0.319. The van der Waals surface area contributed by atoms with E-state index in [1.807, 2.05) is 7.05 Å². The molecule has 1 atom stereocenters. The molecule has 0 bridgehead atoms. The first-order valence-corrected chi connectivity index (χ1v) is 6.38. The lowest BCUT2D eigenvalue weighted by molar-refractivity contribution is 0.698. The van der Waals surface area contributed by atoms with Gasteiger partial charge in [0.1, 0.15) is 0 Å². The highest BCUT2D eigenvalue weighted by Crippen LogP contribution is 2.28. The monoisotopic (exact) mass is 231 g/mol. The van der Waals surface area contributed by atoms with Crippen molar-refractivity contribution in [2.24, 2.45) is 0 Å². The molecule has 1 aromatic heterocycles. The zero-order valence-corrected chi connectivity index (χ0v) is 10.8. The summed E-state index contributed by atoms with van der Waals surface area (Å²) >= 11 is 1.80. The molecule has 1 unspecified atom stereocenters. The standard InChI is InChI=1S/C14H17NS/c1-10-6-4-7-12(11(10)2)14(15-3)13-8-5-9-16-13/h4-9,14-15H,1-3H3. The number of aryl methyl sites for hydroxylation is 1. The summed E-state index contributed by atoms with van der Waals surface area (Å²) in [7, 11) is 2.02. The van der Waals surface area contributed by atoms with Crippen molar-refractivity contribution in [1.29, 1.82) is 0 Å². The summed E-state index contributed by atoms with van der Waals surface area (Å²) in [5, 5.41) is 5.53. The number of rotatable bonds is 3. The second kappa shape index (κ2) is 4.81. The smallest absolute Gasteiger partial charge is 0.0671 e. The molecule has 16 heavy (non-hydrogen) atoms. The SMILES string of the molecule is CNC(c1cccs1)c1cccc(C)c1C. The van der Waals surface area contributed by atoms with Crippen LogP contribution in [0.4, 0.5) is 0 Å². The van der Waals surface area contributed by atoms with Crippen LogP contribution in [-0.2, 0) is 0 Å². The van der Waals surface area contributed by atoms with Gasteiger partial charge in [-0.3, -0.25) is 0 Å². The average Bonchev–Trinajstić information content (AvgIpc) is 2.79. The molecule has 0 amide bonds. The van der Waals surface area contributed by atoms with Crippen LogP contribution in [0.15, 0.2) is 35.7 Å². The quantitative estimate of drug-likeness (QED) is 0.850. The van der Waals surface area contributed by atoms with Crippen LogP contribution in [0.3, 0.4) is 0 Å². The topological polar surface area (TPSA) is 12.0 Å². The second-order valence-electron chi connectivity index (χ2n) is 4.03. The van der Waals surface area contributed by atoms with Gasteiger partial charge in [0.25, 0.3) is 0 Å². The van der Waals surface area contributed by atoms with Crippen molar-refractivity contribution >= 4 is 11.3 Å². The molecule has 2 heteroatoms. The molecule has 0 radical (unpaired) electrons. The molecule has 0 saturated carbocycles. The molecule has 1 nitrogen and oxygen atoms in total. The van der Waals surface area contributed by atoms with E-state index in [-0.39, 0.29) is 0 Å². The first-order chi connectivity index (χ1) is 7.74. The number of hydrogen-bond donors (Lipinski definition) is 1. The summed E-state index contributed by atoms with van der Waals surface area (Å²) in [6.07, 6.45) is 0. The second-order valence-corrected chi connectivity index (χ2v) is 5.01. The van der Waals surface area contributed by atoms with Crippen molar-refractivity contribution in [3.05, 3.63) is 57.3 Å². The Balaban J connectivity index is 2.45. The molecule has 0 aliphatic rings.